The molecule has 110 valence electrons. The van der Waals surface area contributed by atoms with Crippen LogP contribution >= 0.6 is 0 Å². The molecular formula is C16H22O4. The molecule has 0 radical (unpaired) electrons. The van der Waals surface area contributed by atoms with E-state index in [-0.39, 0.29) is 11.5 Å². The van der Waals surface area contributed by atoms with E-state index in [4.69, 9.17) is 13.9 Å². The summed E-state index contributed by atoms with van der Waals surface area (Å²) >= 11 is 0. The molecule has 0 amide bonds. The van der Waals surface area contributed by atoms with Crippen LogP contribution in [0.5, 0.6) is 0 Å². The molecule has 4 heteroatoms. The van der Waals surface area contributed by atoms with Gasteiger partial charge in [0.25, 0.3) is 0 Å². The van der Waals surface area contributed by atoms with E-state index >= 15 is 0 Å². The van der Waals surface area contributed by atoms with E-state index in [1.807, 2.05) is 12.1 Å². The molecule has 0 aromatic carbocycles. The Balaban J connectivity index is 1.54. The van der Waals surface area contributed by atoms with Crippen LogP contribution in [0.1, 0.15) is 37.9 Å². The van der Waals surface area contributed by atoms with Crippen LogP contribution in [0.15, 0.2) is 22.8 Å². The summed E-state index contributed by atoms with van der Waals surface area (Å²) in [5.41, 5.74) is -0.0957. The zero-order valence-corrected chi connectivity index (χ0v) is 11.8. The van der Waals surface area contributed by atoms with Crippen LogP contribution in [0.3, 0.4) is 0 Å². The summed E-state index contributed by atoms with van der Waals surface area (Å²) < 4.78 is 16.7. The first-order valence-corrected chi connectivity index (χ1v) is 7.54. The highest BCUT2D eigenvalue weighted by Gasteiger charge is 2.40. The minimum absolute atomic E-state index is 0.0957. The summed E-state index contributed by atoms with van der Waals surface area (Å²) in [5, 5.41) is 0. The van der Waals surface area contributed by atoms with Gasteiger partial charge in [0.15, 0.2) is 0 Å². The number of Topliss-reactive ketones (excluding diaryl/α,β-unsaturated/α-hetero) is 1. The molecule has 1 atom stereocenters. The van der Waals surface area contributed by atoms with E-state index in [0.717, 1.165) is 44.7 Å². The van der Waals surface area contributed by atoms with E-state index in [0.29, 0.717) is 25.2 Å². The lowest BCUT2D eigenvalue weighted by Crippen LogP contribution is -2.45. The summed E-state index contributed by atoms with van der Waals surface area (Å²) in [6.07, 6.45) is 6.52. The lowest BCUT2D eigenvalue weighted by molar-refractivity contribution is -0.157. The first kappa shape index (κ1) is 13.8. The summed E-state index contributed by atoms with van der Waals surface area (Å²) in [6, 6.07) is 3.79. The number of carbonyl (C=O) groups is 1. The fourth-order valence-corrected chi connectivity index (χ4v) is 3.30. The van der Waals surface area contributed by atoms with Gasteiger partial charge in [0.05, 0.1) is 11.9 Å². The van der Waals surface area contributed by atoms with Crippen LogP contribution < -0.4 is 0 Å². The normalized spacial score (nSPS) is 25.7. The first-order chi connectivity index (χ1) is 9.77. The lowest BCUT2D eigenvalue weighted by atomic mass is 9.78. The lowest BCUT2D eigenvalue weighted by Gasteiger charge is -2.42. The van der Waals surface area contributed by atoms with Crippen molar-refractivity contribution in [3.8, 4) is 0 Å². The van der Waals surface area contributed by atoms with Gasteiger partial charge in [0, 0.05) is 38.6 Å². The van der Waals surface area contributed by atoms with E-state index in [1.54, 1.807) is 6.26 Å². The van der Waals surface area contributed by atoms with Crippen molar-refractivity contribution in [2.75, 3.05) is 19.8 Å². The van der Waals surface area contributed by atoms with Gasteiger partial charge in [0.1, 0.15) is 11.5 Å². The van der Waals surface area contributed by atoms with Gasteiger partial charge in [-0.1, -0.05) is 0 Å². The molecule has 3 rings (SSSR count). The van der Waals surface area contributed by atoms with Crippen molar-refractivity contribution in [3.05, 3.63) is 24.2 Å². The van der Waals surface area contributed by atoms with Crippen LogP contribution in [0.25, 0.3) is 0 Å². The molecule has 20 heavy (non-hydrogen) atoms. The molecule has 0 N–H and O–H groups in total. The minimum Gasteiger partial charge on any atom is -0.469 e. The molecule has 3 heterocycles. The standard InChI is InChI=1S/C16H22O4/c17-15(4-3-14-2-1-8-19-14)13-5-9-20-16(12-13)6-10-18-11-7-16/h1-2,8,13H,3-7,9-12H2. The summed E-state index contributed by atoms with van der Waals surface area (Å²) in [7, 11) is 0. The number of rotatable bonds is 4. The summed E-state index contributed by atoms with van der Waals surface area (Å²) in [6.45, 7) is 2.22. The van der Waals surface area contributed by atoms with Crippen molar-refractivity contribution in [2.45, 2.75) is 44.1 Å². The molecule has 0 bridgehead atoms. The van der Waals surface area contributed by atoms with Crippen LogP contribution in [0.4, 0.5) is 0 Å². The molecule has 2 fully saturated rings. The number of aryl methyl sites for hydroxylation is 1. The molecule has 2 aliphatic rings. The smallest absolute Gasteiger partial charge is 0.136 e. The Hall–Kier alpha value is -1.13. The molecule has 1 aromatic rings. The quantitative estimate of drug-likeness (QED) is 0.849. The number of carbonyl (C=O) groups excluding carboxylic acids is 1. The van der Waals surface area contributed by atoms with Gasteiger partial charge in [-0.3, -0.25) is 4.79 Å². The van der Waals surface area contributed by atoms with Gasteiger partial charge in [-0.05, 0) is 37.8 Å². The van der Waals surface area contributed by atoms with Crippen LogP contribution in [0, 0.1) is 5.92 Å². The molecule has 1 aromatic heterocycles. The van der Waals surface area contributed by atoms with E-state index in [9.17, 15) is 4.79 Å². The second kappa shape index (κ2) is 6.10. The Morgan fingerprint density at radius 3 is 2.90 bits per heavy atom. The molecule has 2 saturated heterocycles. The summed E-state index contributed by atoms with van der Waals surface area (Å²) in [4.78, 5) is 12.4. The van der Waals surface area contributed by atoms with Crippen molar-refractivity contribution in [3.63, 3.8) is 0 Å². The van der Waals surface area contributed by atoms with E-state index < -0.39 is 0 Å². The average molecular weight is 278 g/mol. The molecule has 0 aliphatic carbocycles. The number of ketones is 1. The van der Waals surface area contributed by atoms with Gasteiger partial charge < -0.3 is 13.9 Å². The van der Waals surface area contributed by atoms with Crippen molar-refractivity contribution in [2.24, 2.45) is 5.92 Å². The highest BCUT2D eigenvalue weighted by atomic mass is 16.5. The Labute approximate surface area is 119 Å². The van der Waals surface area contributed by atoms with Crippen molar-refractivity contribution in [1.82, 2.24) is 0 Å². The SMILES string of the molecule is O=C(CCc1ccco1)C1CCOC2(CCOCC2)C1. The van der Waals surface area contributed by atoms with E-state index in [1.165, 1.54) is 0 Å². The molecular weight excluding hydrogens is 256 g/mol. The van der Waals surface area contributed by atoms with Gasteiger partial charge in [-0.2, -0.15) is 0 Å². The average Bonchev–Trinajstić information content (AvgIpc) is 2.99. The summed E-state index contributed by atoms with van der Waals surface area (Å²) in [5.74, 6) is 1.40. The fourth-order valence-electron chi connectivity index (χ4n) is 3.30. The third kappa shape index (κ3) is 3.13. The number of ether oxygens (including phenoxy) is 2. The third-order valence-electron chi connectivity index (χ3n) is 4.55. The van der Waals surface area contributed by atoms with Gasteiger partial charge in [-0.15, -0.1) is 0 Å². The molecule has 1 spiro atoms. The van der Waals surface area contributed by atoms with Crippen LogP contribution in [-0.4, -0.2) is 31.2 Å². The zero-order valence-electron chi connectivity index (χ0n) is 11.8. The number of hydrogen-bond donors (Lipinski definition) is 0. The van der Waals surface area contributed by atoms with Crippen LogP contribution in [-0.2, 0) is 20.7 Å². The Bertz CT molecular complexity index is 426. The predicted octanol–water partition coefficient (Wildman–Crippen LogP) is 2.76. The van der Waals surface area contributed by atoms with Gasteiger partial charge in [0.2, 0.25) is 0 Å². The zero-order chi connectivity index (χ0) is 13.8. The third-order valence-corrected chi connectivity index (χ3v) is 4.55. The first-order valence-electron chi connectivity index (χ1n) is 7.54. The molecule has 2 aliphatic heterocycles. The maximum Gasteiger partial charge on any atom is 0.136 e. The van der Waals surface area contributed by atoms with Gasteiger partial charge >= 0.3 is 0 Å². The van der Waals surface area contributed by atoms with Gasteiger partial charge in [-0.25, -0.2) is 0 Å². The number of hydrogen-bond acceptors (Lipinski definition) is 4. The highest BCUT2D eigenvalue weighted by molar-refractivity contribution is 5.81. The number of furan rings is 1. The predicted molar refractivity (Wildman–Crippen MR) is 73.5 cm³/mol. The fraction of sp³-hybridized carbons (Fsp3) is 0.688. The Kier molecular flexibility index (Phi) is 4.22. The molecule has 1 unspecified atom stereocenters. The van der Waals surface area contributed by atoms with E-state index in [2.05, 4.69) is 0 Å². The maximum atomic E-state index is 12.4. The second-order valence-corrected chi connectivity index (χ2v) is 5.88. The van der Waals surface area contributed by atoms with Crippen molar-refractivity contribution in [1.29, 1.82) is 0 Å². The topological polar surface area (TPSA) is 48.7 Å². The molecule has 4 nitrogen and oxygen atoms in total. The Morgan fingerprint density at radius 1 is 1.30 bits per heavy atom. The largest absolute Gasteiger partial charge is 0.469 e. The Morgan fingerprint density at radius 2 is 2.15 bits per heavy atom. The van der Waals surface area contributed by atoms with Crippen LogP contribution in [0.2, 0.25) is 0 Å². The van der Waals surface area contributed by atoms with Crippen molar-refractivity contribution < 1.29 is 18.7 Å². The van der Waals surface area contributed by atoms with Crippen molar-refractivity contribution >= 4 is 5.78 Å². The monoisotopic (exact) mass is 278 g/mol. The highest BCUT2D eigenvalue weighted by Crippen LogP contribution is 2.37. The minimum atomic E-state index is -0.0957. The second-order valence-electron chi connectivity index (χ2n) is 5.88. The maximum absolute atomic E-state index is 12.4. The molecule has 0 saturated carbocycles.